The molecule has 4 nitrogen and oxygen atoms in total. The van der Waals surface area contributed by atoms with Gasteiger partial charge in [0.2, 0.25) is 0 Å². The van der Waals surface area contributed by atoms with E-state index >= 15 is 0 Å². The quantitative estimate of drug-likeness (QED) is 0.715. The third-order valence-electron chi connectivity index (χ3n) is 2.80. The van der Waals surface area contributed by atoms with E-state index in [1.165, 1.54) is 0 Å². The Morgan fingerprint density at radius 3 is 2.67 bits per heavy atom. The van der Waals surface area contributed by atoms with Gasteiger partial charge in [-0.15, -0.1) is 0 Å². The van der Waals surface area contributed by atoms with E-state index in [9.17, 15) is 4.79 Å². The maximum absolute atomic E-state index is 11.9. The Bertz CT molecular complexity index is 379. The highest BCUT2D eigenvalue weighted by Crippen LogP contribution is 2.21. The van der Waals surface area contributed by atoms with Crippen molar-refractivity contribution in [2.75, 3.05) is 38.3 Å². The summed E-state index contributed by atoms with van der Waals surface area (Å²) >= 11 is 0. The van der Waals surface area contributed by atoms with Crippen LogP contribution in [0.5, 0.6) is 0 Å². The number of benzene rings is 1. The Kier molecular flexibility index (Phi) is 6.39. The van der Waals surface area contributed by atoms with Gasteiger partial charge in [-0.25, -0.2) is 0 Å². The number of hydrogen-bond acceptors (Lipinski definition) is 4. The zero-order valence-corrected chi connectivity index (χ0v) is 11.1. The number of Topliss-reactive ketones (excluding diaryl/α,β-unsaturated/α-hetero) is 1. The molecule has 18 heavy (non-hydrogen) atoms. The van der Waals surface area contributed by atoms with Gasteiger partial charge in [0.05, 0.1) is 13.2 Å². The molecule has 100 valence electrons. The van der Waals surface area contributed by atoms with Crippen molar-refractivity contribution >= 4 is 11.5 Å². The highest BCUT2D eigenvalue weighted by Gasteiger charge is 2.14. The number of rotatable bonds is 8. The number of ether oxygens (including phenoxy) is 1. The van der Waals surface area contributed by atoms with Crippen molar-refractivity contribution < 1.29 is 14.6 Å². The zero-order chi connectivity index (χ0) is 13.4. The zero-order valence-electron chi connectivity index (χ0n) is 11.1. The number of ketones is 1. The van der Waals surface area contributed by atoms with Crippen molar-refractivity contribution in [1.29, 1.82) is 0 Å². The second-order valence-corrected chi connectivity index (χ2v) is 4.00. The molecule has 0 atom stereocenters. The van der Waals surface area contributed by atoms with E-state index in [2.05, 4.69) is 0 Å². The first-order valence-electron chi connectivity index (χ1n) is 6.21. The molecule has 0 aliphatic heterocycles. The number of para-hydroxylation sites is 1. The van der Waals surface area contributed by atoms with E-state index in [1.54, 1.807) is 7.11 Å². The number of nitrogens with zero attached hydrogens (tertiary/aromatic N) is 1. The van der Waals surface area contributed by atoms with Crippen LogP contribution >= 0.6 is 0 Å². The Morgan fingerprint density at radius 2 is 2.06 bits per heavy atom. The van der Waals surface area contributed by atoms with Gasteiger partial charge < -0.3 is 14.7 Å². The first-order chi connectivity index (χ1) is 8.74. The van der Waals surface area contributed by atoms with E-state index in [-0.39, 0.29) is 12.4 Å². The van der Waals surface area contributed by atoms with E-state index in [4.69, 9.17) is 9.84 Å². The molecule has 4 heteroatoms. The Labute approximate surface area is 108 Å². The molecule has 0 radical (unpaired) electrons. The molecule has 0 saturated heterocycles. The molecule has 1 N–H and O–H groups in total. The molecular formula is C14H21NO3. The number of hydrogen-bond donors (Lipinski definition) is 1. The minimum absolute atomic E-state index is 0.0539. The fourth-order valence-corrected chi connectivity index (χ4v) is 1.85. The molecule has 0 aliphatic rings. The number of aliphatic hydroxyl groups excluding tert-OH is 1. The summed E-state index contributed by atoms with van der Waals surface area (Å²) in [6, 6.07) is 7.51. The molecular weight excluding hydrogens is 230 g/mol. The van der Waals surface area contributed by atoms with E-state index < -0.39 is 0 Å². The molecule has 1 aromatic carbocycles. The fraction of sp³-hybridized carbons (Fsp3) is 0.500. The van der Waals surface area contributed by atoms with Crippen LogP contribution in [0.1, 0.15) is 23.7 Å². The second-order valence-electron chi connectivity index (χ2n) is 4.00. The Morgan fingerprint density at radius 1 is 1.33 bits per heavy atom. The molecule has 0 fully saturated rings. The first kappa shape index (κ1) is 14.7. The molecule has 1 aromatic rings. The Balaban J connectivity index is 2.98. The summed E-state index contributed by atoms with van der Waals surface area (Å²) in [4.78, 5) is 13.9. The van der Waals surface area contributed by atoms with Crippen LogP contribution in [-0.4, -0.2) is 44.3 Å². The highest BCUT2D eigenvalue weighted by molar-refractivity contribution is 6.01. The predicted molar refractivity (Wildman–Crippen MR) is 72.2 cm³/mol. The van der Waals surface area contributed by atoms with Gasteiger partial charge in [0.25, 0.3) is 0 Å². The minimum atomic E-state index is 0.0539. The van der Waals surface area contributed by atoms with E-state index in [0.29, 0.717) is 31.7 Å². The predicted octanol–water partition coefficient (Wildman–Crippen LogP) is 1.72. The van der Waals surface area contributed by atoms with Gasteiger partial charge >= 0.3 is 0 Å². The second kappa shape index (κ2) is 7.84. The maximum atomic E-state index is 11.9. The number of aliphatic hydroxyl groups is 1. The van der Waals surface area contributed by atoms with Crippen LogP contribution < -0.4 is 4.90 Å². The lowest BCUT2D eigenvalue weighted by atomic mass is 10.1. The molecule has 0 bridgehead atoms. The standard InChI is InChI=1S/C14H21NO3/c1-3-14(17)12-6-4-5-7-13(12)15(8-10-16)9-11-18-2/h4-7,16H,3,8-11H2,1-2H3. The molecule has 0 aromatic heterocycles. The number of carbonyl (C=O) groups excluding carboxylic acids is 1. The smallest absolute Gasteiger partial charge is 0.164 e. The largest absolute Gasteiger partial charge is 0.395 e. The lowest BCUT2D eigenvalue weighted by Gasteiger charge is -2.25. The summed E-state index contributed by atoms with van der Waals surface area (Å²) in [5.74, 6) is 0.117. The lowest BCUT2D eigenvalue weighted by molar-refractivity contribution is 0.0988. The molecule has 0 amide bonds. The van der Waals surface area contributed by atoms with E-state index in [0.717, 1.165) is 5.69 Å². The van der Waals surface area contributed by atoms with Crippen LogP contribution in [0.2, 0.25) is 0 Å². The Hall–Kier alpha value is -1.39. The van der Waals surface area contributed by atoms with Crippen molar-refractivity contribution in [1.82, 2.24) is 0 Å². The van der Waals surface area contributed by atoms with Crippen molar-refractivity contribution in [3.05, 3.63) is 29.8 Å². The van der Waals surface area contributed by atoms with Gasteiger partial charge in [0, 0.05) is 37.9 Å². The summed E-state index contributed by atoms with van der Waals surface area (Å²) in [7, 11) is 1.64. The first-order valence-corrected chi connectivity index (χ1v) is 6.21. The molecule has 0 saturated carbocycles. The molecule has 0 unspecified atom stereocenters. The highest BCUT2D eigenvalue weighted by atomic mass is 16.5. The van der Waals surface area contributed by atoms with Crippen molar-refractivity contribution in [3.63, 3.8) is 0 Å². The van der Waals surface area contributed by atoms with Crippen LogP contribution in [0.4, 0.5) is 5.69 Å². The number of anilines is 1. The van der Waals surface area contributed by atoms with Crippen LogP contribution in [0.25, 0.3) is 0 Å². The fourth-order valence-electron chi connectivity index (χ4n) is 1.85. The number of methoxy groups -OCH3 is 1. The van der Waals surface area contributed by atoms with Gasteiger partial charge in [0.1, 0.15) is 0 Å². The van der Waals surface area contributed by atoms with Crippen molar-refractivity contribution in [2.24, 2.45) is 0 Å². The monoisotopic (exact) mass is 251 g/mol. The molecule has 1 rings (SSSR count). The topological polar surface area (TPSA) is 49.8 Å². The number of carbonyl (C=O) groups is 1. The van der Waals surface area contributed by atoms with Gasteiger partial charge in [-0.05, 0) is 12.1 Å². The van der Waals surface area contributed by atoms with Gasteiger partial charge in [0.15, 0.2) is 5.78 Å². The van der Waals surface area contributed by atoms with Crippen LogP contribution in [0.3, 0.4) is 0 Å². The van der Waals surface area contributed by atoms with Crippen LogP contribution in [0, 0.1) is 0 Å². The summed E-state index contributed by atoms with van der Waals surface area (Å²) < 4.78 is 5.06. The summed E-state index contributed by atoms with van der Waals surface area (Å²) in [5, 5.41) is 9.12. The van der Waals surface area contributed by atoms with Crippen molar-refractivity contribution in [2.45, 2.75) is 13.3 Å². The normalized spacial score (nSPS) is 10.4. The van der Waals surface area contributed by atoms with Gasteiger partial charge in [-0.1, -0.05) is 19.1 Å². The lowest BCUT2D eigenvalue weighted by Crippen LogP contribution is -2.31. The average molecular weight is 251 g/mol. The molecule has 0 spiro atoms. The summed E-state index contributed by atoms with van der Waals surface area (Å²) in [6.07, 6.45) is 0.480. The molecule has 0 heterocycles. The average Bonchev–Trinajstić information content (AvgIpc) is 2.42. The third-order valence-corrected chi connectivity index (χ3v) is 2.80. The third kappa shape index (κ3) is 3.82. The summed E-state index contributed by atoms with van der Waals surface area (Å²) in [6.45, 7) is 3.63. The maximum Gasteiger partial charge on any atom is 0.164 e. The SMILES string of the molecule is CCC(=O)c1ccccc1N(CCO)CCOC. The minimum Gasteiger partial charge on any atom is -0.395 e. The van der Waals surface area contributed by atoms with Crippen molar-refractivity contribution in [3.8, 4) is 0 Å². The van der Waals surface area contributed by atoms with Gasteiger partial charge in [-0.2, -0.15) is 0 Å². The van der Waals surface area contributed by atoms with Crippen LogP contribution in [0.15, 0.2) is 24.3 Å². The van der Waals surface area contributed by atoms with Gasteiger partial charge in [-0.3, -0.25) is 4.79 Å². The summed E-state index contributed by atoms with van der Waals surface area (Å²) in [5.41, 5.74) is 1.58. The molecule has 0 aliphatic carbocycles. The van der Waals surface area contributed by atoms with Crippen LogP contribution in [-0.2, 0) is 4.74 Å². The van der Waals surface area contributed by atoms with E-state index in [1.807, 2.05) is 36.1 Å².